The molecule has 10 heteroatoms. The standard InChI is InChI=1S/C28H23ClN4O5/c29-19-4-2-6-21-26(19)16(11-31-21)14-9-23(34)17(24(35)10-14)12-30-20-5-1-3-15-18(20)13-33(28(15)38)22-7-8-25(36)32-27(22)37/h1-6,11-12,14,22,31,34H,7-10,13H2,(H,32,36,37). The highest BCUT2D eigenvalue weighted by molar-refractivity contribution is 6.35. The van der Waals surface area contributed by atoms with Gasteiger partial charge < -0.3 is 15.0 Å². The number of aromatic amines is 1. The summed E-state index contributed by atoms with van der Waals surface area (Å²) < 4.78 is 0. The van der Waals surface area contributed by atoms with Crippen LogP contribution in [0, 0.1) is 0 Å². The van der Waals surface area contributed by atoms with Gasteiger partial charge in [0.05, 0.1) is 16.3 Å². The number of imide groups is 1. The fourth-order valence-electron chi connectivity index (χ4n) is 5.59. The number of fused-ring (bicyclic) bond motifs is 2. The number of nitrogens with zero attached hydrogens (tertiary/aromatic N) is 2. The van der Waals surface area contributed by atoms with Crippen molar-refractivity contribution in [1.82, 2.24) is 15.2 Å². The second-order valence-electron chi connectivity index (χ2n) is 9.76. The average Bonchev–Trinajstić information content (AvgIpc) is 3.46. The first-order valence-corrected chi connectivity index (χ1v) is 12.7. The number of Topliss-reactive ketones (excluding diaryl/α,β-unsaturated/α-hetero) is 1. The highest BCUT2D eigenvalue weighted by Crippen LogP contribution is 2.39. The van der Waals surface area contributed by atoms with Crippen molar-refractivity contribution < 1.29 is 24.3 Å². The summed E-state index contributed by atoms with van der Waals surface area (Å²) in [6, 6.07) is 9.90. The summed E-state index contributed by atoms with van der Waals surface area (Å²) in [5.41, 5.74) is 3.42. The van der Waals surface area contributed by atoms with Crippen LogP contribution in [0.4, 0.5) is 5.69 Å². The van der Waals surface area contributed by atoms with Crippen LogP contribution >= 0.6 is 11.6 Å². The van der Waals surface area contributed by atoms with Crippen molar-refractivity contribution >= 4 is 57.9 Å². The maximum absolute atomic E-state index is 13.1. The molecule has 3 aliphatic rings. The molecule has 6 rings (SSSR count). The van der Waals surface area contributed by atoms with E-state index in [9.17, 15) is 24.3 Å². The van der Waals surface area contributed by atoms with Crippen molar-refractivity contribution in [2.45, 2.75) is 44.2 Å². The van der Waals surface area contributed by atoms with Crippen molar-refractivity contribution in [1.29, 1.82) is 0 Å². The van der Waals surface area contributed by atoms with E-state index in [2.05, 4.69) is 15.3 Å². The van der Waals surface area contributed by atoms with Crippen LogP contribution in [-0.2, 0) is 20.9 Å². The quantitative estimate of drug-likeness (QED) is 0.343. The van der Waals surface area contributed by atoms with Crippen molar-refractivity contribution in [2.24, 2.45) is 4.99 Å². The highest BCUT2D eigenvalue weighted by atomic mass is 35.5. The van der Waals surface area contributed by atoms with Gasteiger partial charge in [-0.1, -0.05) is 23.7 Å². The molecular weight excluding hydrogens is 508 g/mol. The highest BCUT2D eigenvalue weighted by Gasteiger charge is 2.40. The van der Waals surface area contributed by atoms with Gasteiger partial charge in [-0.15, -0.1) is 0 Å². The van der Waals surface area contributed by atoms with Gasteiger partial charge in [-0.2, -0.15) is 0 Å². The number of ketones is 1. The second kappa shape index (κ2) is 9.25. The zero-order valence-electron chi connectivity index (χ0n) is 20.2. The van der Waals surface area contributed by atoms with Crippen LogP contribution in [-0.4, -0.2) is 50.8 Å². The molecule has 1 aromatic heterocycles. The molecule has 3 amide bonds. The summed E-state index contributed by atoms with van der Waals surface area (Å²) in [5, 5.41) is 14.5. The number of carbonyl (C=O) groups excluding carboxylic acids is 4. The Bertz CT molecular complexity index is 1600. The summed E-state index contributed by atoms with van der Waals surface area (Å²) in [5.74, 6) is -1.65. The predicted octanol–water partition coefficient (Wildman–Crippen LogP) is 4.24. The Morgan fingerprint density at radius 3 is 2.68 bits per heavy atom. The van der Waals surface area contributed by atoms with Crippen molar-refractivity contribution in [3.05, 3.63) is 75.6 Å². The van der Waals surface area contributed by atoms with E-state index in [1.165, 1.54) is 11.1 Å². The summed E-state index contributed by atoms with van der Waals surface area (Å²) >= 11 is 6.41. The molecule has 0 radical (unpaired) electrons. The number of benzene rings is 2. The lowest BCUT2D eigenvalue weighted by molar-refractivity contribution is -0.137. The van der Waals surface area contributed by atoms with E-state index in [1.807, 2.05) is 18.3 Å². The largest absolute Gasteiger partial charge is 0.511 e. The number of carbonyl (C=O) groups is 4. The molecule has 1 saturated heterocycles. The number of piperidine rings is 1. The smallest absolute Gasteiger partial charge is 0.255 e. The predicted molar refractivity (Wildman–Crippen MR) is 141 cm³/mol. The number of aliphatic hydroxyl groups is 1. The lowest BCUT2D eigenvalue weighted by Crippen LogP contribution is -2.52. The topological polar surface area (TPSA) is 132 Å². The maximum atomic E-state index is 13.1. The van der Waals surface area contributed by atoms with Crippen LogP contribution in [0.5, 0.6) is 0 Å². The Morgan fingerprint density at radius 2 is 1.89 bits per heavy atom. The summed E-state index contributed by atoms with van der Waals surface area (Å²) in [7, 11) is 0. The molecule has 3 N–H and O–H groups in total. The van der Waals surface area contributed by atoms with E-state index in [4.69, 9.17) is 11.6 Å². The molecule has 9 nitrogen and oxygen atoms in total. The number of H-pyrrole nitrogens is 1. The summed E-state index contributed by atoms with van der Waals surface area (Å²) in [4.78, 5) is 59.1. The molecule has 192 valence electrons. The van der Waals surface area contributed by atoms with Crippen LogP contribution in [0.1, 0.15) is 53.1 Å². The van der Waals surface area contributed by atoms with Gasteiger partial charge in [0.15, 0.2) is 5.78 Å². The Kier molecular flexibility index (Phi) is 5.87. The summed E-state index contributed by atoms with van der Waals surface area (Å²) in [6.07, 6.45) is 4.08. The Hall–Kier alpha value is -4.24. The molecule has 3 aromatic rings. The van der Waals surface area contributed by atoms with Crippen LogP contribution in [0.15, 0.2) is 58.9 Å². The van der Waals surface area contributed by atoms with Gasteiger partial charge in [-0.25, -0.2) is 0 Å². The third-order valence-corrected chi connectivity index (χ3v) is 7.81. The number of rotatable bonds is 4. The van der Waals surface area contributed by atoms with Crippen LogP contribution in [0.2, 0.25) is 5.02 Å². The number of aromatic nitrogens is 1. The van der Waals surface area contributed by atoms with Gasteiger partial charge in [0.2, 0.25) is 11.8 Å². The number of nitrogens with one attached hydrogen (secondary N) is 2. The Balaban J connectivity index is 1.25. The van der Waals surface area contributed by atoms with E-state index in [0.717, 1.165) is 16.5 Å². The average molecular weight is 531 g/mol. The number of aliphatic hydroxyl groups excluding tert-OH is 1. The van der Waals surface area contributed by atoms with E-state index in [1.54, 1.807) is 24.3 Å². The van der Waals surface area contributed by atoms with Crippen LogP contribution in [0.25, 0.3) is 10.9 Å². The molecule has 2 aromatic carbocycles. The third-order valence-electron chi connectivity index (χ3n) is 7.50. The zero-order valence-corrected chi connectivity index (χ0v) is 20.9. The van der Waals surface area contributed by atoms with Crippen molar-refractivity contribution in [3.63, 3.8) is 0 Å². The molecule has 1 fully saturated rings. The minimum absolute atomic E-state index is 0.0507. The van der Waals surface area contributed by atoms with E-state index >= 15 is 0 Å². The first-order valence-electron chi connectivity index (χ1n) is 12.3. The maximum Gasteiger partial charge on any atom is 0.255 e. The minimum Gasteiger partial charge on any atom is -0.511 e. The van der Waals surface area contributed by atoms with Gasteiger partial charge in [0.25, 0.3) is 5.91 Å². The number of amides is 3. The molecule has 2 atom stereocenters. The Morgan fingerprint density at radius 1 is 1.08 bits per heavy atom. The number of hydrogen-bond acceptors (Lipinski definition) is 6. The minimum atomic E-state index is -0.731. The summed E-state index contributed by atoms with van der Waals surface area (Å²) in [6.45, 7) is 0.163. The second-order valence-corrected chi connectivity index (χ2v) is 10.2. The molecule has 0 bridgehead atoms. The molecule has 3 heterocycles. The Labute approximate surface area is 222 Å². The first-order chi connectivity index (χ1) is 18.3. The number of hydrogen-bond donors (Lipinski definition) is 3. The van der Waals surface area contributed by atoms with Gasteiger partial charge in [0, 0.05) is 66.2 Å². The molecule has 2 unspecified atom stereocenters. The molecule has 0 spiro atoms. The van der Waals surface area contributed by atoms with E-state index in [0.29, 0.717) is 21.8 Å². The van der Waals surface area contributed by atoms with Crippen molar-refractivity contribution in [3.8, 4) is 0 Å². The van der Waals surface area contributed by atoms with Crippen molar-refractivity contribution in [2.75, 3.05) is 0 Å². The molecule has 2 aliphatic heterocycles. The molecule has 0 saturated carbocycles. The molecular formula is C28H23ClN4O5. The van der Waals surface area contributed by atoms with E-state index < -0.39 is 11.9 Å². The number of allylic oxidation sites excluding steroid dienone is 2. The van der Waals surface area contributed by atoms with Gasteiger partial charge in [-0.3, -0.25) is 29.5 Å². The molecule has 38 heavy (non-hydrogen) atoms. The van der Waals surface area contributed by atoms with Crippen LogP contribution < -0.4 is 5.32 Å². The monoisotopic (exact) mass is 530 g/mol. The SMILES string of the molecule is O=C1CCC(N2Cc3c(N=CC4=C(O)CC(c5c[nH]c6cccc(Cl)c56)CC4=O)cccc3C2=O)C(=O)N1. The molecule has 1 aliphatic carbocycles. The third kappa shape index (κ3) is 3.99. The van der Waals surface area contributed by atoms with Gasteiger partial charge >= 0.3 is 0 Å². The number of halogens is 1. The van der Waals surface area contributed by atoms with Gasteiger partial charge in [0.1, 0.15) is 11.8 Å². The van der Waals surface area contributed by atoms with Gasteiger partial charge in [-0.05, 0) is 36.2 Å². The van der Waals surface area contributed by atoms with E-state index in [-0.39, 0.29) is 67.1 Å². The lowest BCUT2D eigenvalue weighted by atomic mass is 9.83. The first kappa shape index (κ1) is 24.1. The zero-order chi connectivity index (χ0) is 26.6. The fourth-order valence-corrected chi connectivity index (χ4v) is 5.87. The van der Waals surface area contributed by atoms with Crippen LogP contribution in [0.3, 0.4) is 0 Å². The normalized spacial score (nSPS) is 22.1. The fraction of sp³-hybridized carbons (Fsp3) is 0.250. The lowest BCUT2D eigenvalue weighted by Gasteiger charge is -2.29. The number of aliphatic imine (C=N–C) groups is 1.